The number of hydrogen-bond donors (Lipinski definition) is 2. The van der Waals surface area contributed by atoms with Crippen LogP contribution >= 0.6 is 0 Å². The first kappa shape index (κ1) is 12.0. The summed E-state index contributed by atoms with van der Waals surface area (Å²) in [4.78, 5) is 0. The van der Waals surface area contributed by atoms with Gasteiger partial charge in [0.05, 0.1) is 11.2 Å². The Bertz CT molecular complexity index is 307. The van der Waals surface area contributed by atoms with E-state index in [1.807, 2.05) is 6.92 Å². The first-order valence-corrected chi connectivity index (χ1v) is 7.33. The Kier molecular flexibility index (Phi) is 2.45. The van der Waals surface area contributed by atoms with Crippen LogP contribution in [0, 0.1) is 17.3 Å². The molecule has 4 aliphatic rings. The standard InChI is InChI=1S/C15H26O2/c1-3-4-13(2,16)14-6-11-5-12(7-14)9-15(17,8-11)10-14/h11-12,16-17H,3-10H2,1-2H3. The van der Waals surface area contributed by atoms with Crippen molar-refractivity contribution in [2.24, 2.45) is 17.3 Å². The van der Waals surface area contributed by atoms with Gasteiger partial charge in [-0.15, -0.1) is 0 Å². The Labute approximate surface area is 104 Å². The van der Waals surface area contributed by atoms with Gasteiger partial charge < -0.3 is 10.2 Å². The van der Waals surface area contributed by atoms with E-state index >= 15 is 0 Å². The van der Waals surface area contributed by atoms with Crippen molar-refractivity contribution in [3.8, 4) is 0 Å². The van der Waals surface area contributed by atoms with E-state index in [4.69, 9.17) is 0 Å². The summed E-state index contributed by atoms with van der Waals surface area (Å²) >= 11 is 0. The highest BCUT2D eigenvalue weighted by molar-refractivity contribution is 5.13. The molecular formula is C15H26O2. The second-order valence-corrected chi connectivity index (χ2v) is 7.49. The molecule has 4 rings (SSSR count). The van der Waals surface area contributed by atoms with E-state index in [9.17, 15) is 10.2 Å². The highest BCUT2D eigenvalue weighted by Crippen LogP contribution is 2.65. The molecular weight excluding hydrogens is 212 g/mol. The van der Waals surface area contributed by atoms with E-state index < -0.39 is 11.2 Å². The third kappa shape index (κ3) is 1.67. The molecule has 3 unspecified atom stereocenters. The van der Waals surface area contributed by atoms with Gasteiger partial charge in [-0.2, -0.15) is 0 Å². The summed E-state index contributed by atoms with van der Waals surface area (Å²) in [5, 5.41) is 21.6. The van der Waals surface area contributed by atoms with Crippen LogP contribution in [0.1, 0.15) is 65.2 Å². The van der Waals surface area contributed by atoms with Gasteiger partial charge in [-0.05, 0) is 63.7 Å². The zero-order chi connectivity index (χ0) is 12.3. The van der Waals surface area contributed by atoms with E-state index in [0.717, 1.165) is 44.9 Å². The molecule has 2 N–H and O–H groups in total. The fraction of sp³-hybridized carbons (Fsp3) is 1.00. The van der Waals surface area contributed by atoms with Crippen LogP contribution < -0.4 is 0 Å². The topological polar surface area (TPSA) is 40.5 Å². The highest BCUT2D eigenvalue weighted by atomic mass is 16.3. The van der Waals surface area contributed by atoms with Crippen LogP contribution in [0.2, 0.25) is 0 Å². The maximum atomic E-state index is 10.9. The summed E-state index contributed by atoms with van der Waals surface area (Å²) in [6.45, 7) is 4.16. The Morgan fingerprint density at radius 1 is 1.18 bits per heavy atom. The maximum Gasteiger partial charge on any atom is 0.0676 e. The molecule has 2 heteroatoms. The minimum absolute atomic E-state index is 0.0157. The second kappa shape index (κ2) is 3.48. The van der Waals surface area contributed by atoms with E-state index in [-0.39, 0.29) is 5.41 Å². The van der Waals surface area contributed by atoms with E-state index in [1.54, 1.807) is 0 Å². The van der Waals surface area contributed by atoms with Gasteiger partial charge in [0, 0.05) is 5.41 Å². The normalized spacial score (nSPS) is 51.5. The summed E-state index contributed by atoms with van der Waals surface area (Å²) < 4.78 is 0. The second-order valence-electron chi connectivity index (χ2n) is 7.49. The fourth-order valence-corrected chi connectivity index (χ4v) is 5.60. The molecule has 0 aromatic rings. The van der Waals surface area contributed by atoms with Crippen molar-refractivity contribution in [2.75, 3.05) is 0 Å². The lowest BCUT2D eigenvalue weighted by Crippen LogP contribution is -2.62. The van der Waals surface area contributed by atoms with E-state index in [0.29, 0.717) is 11.8 Å². The quantitative estimate of drug-likeness (QED) is 0.793. The predicted octanol–water partition coefficient (Wildman–Crippen LogP) is 2.87. The van der Waals surface area contributed by atoms with Crippen molar-refractivity contribution >= 4 is 0 Å². The minimum atomic E-state index is -0.576. The molecule has 0 spiro atoms. The summed E-state index contributed by atoms with van der Waals surface area (Å²) in [5.41, 5.74) is -1.00. The SMILES string of the molecule is CCCC(C)(O)C12CC3CC(CC(O)(C3)C1)C2. The molecule has 0 amide bonds. The van der Waals surface area contributed by atoms with Gasteiger partial charge in [-0.1, -0.05) is 13.3 Å². The molecule has 0 saturated heterocycles. The van der Waals surface area contributed by atoms with E-state index in [2.05, 4.69) is 6.92 Å². The zero-order valence-electron chi connectivity index (χ0n) is 11.2. The summed E-state index contributed by atoms with van der Waals surface area (Å²) in [7, 11) is 0. The van der Waals surface area contributed by atoms with Crippen LogP contribution in [0.15, 0.2) is 0 Å². The number of rotatable bonds is 3. The monoisotopic (exact) mass is 238 g/mol. The molecule has 4 fully saturated rings. The van der Waals surface area contributed by atoms with Crippen molar-refractivity contribution in [3.05, 3.63) is 0 Å². The molecule has 4 aliphatic carbocycles. The lowest BCUT2D eigenvalue weighted by atomic mass is 9.44. The summed E-state index contributed by atoms with van der Waals surface area (Å²) in [6.07, 6.45) is 8.34. The van der Waals surface area contributed by atoms with Crippen LogP contribution in [0.25, 0.3) is 0 Å². The first-order chi connectivity index (χ1) is 7.88. The number of hydrogen-bond acceptors (Lipinski definition) is 2. The molecule has 17 heavy (non-hydrogen) atoms. The van der Waals surface area contributed by atoms with Gasteiger partial charge in [0.1, 0.15) is 0 Å². The van der Waals surface area contributed by atoms with Crippen LogP contribution in [-0.4, -0.2) is 21.4 Å². The zero-order valence-corrected chi connectivity index (χ0v) is 11.2. The summed E-state index contributed by atoms with van der Waals surface area (Å²) in [5.74, 6) is 1.34. The largest absolute Gasteiger partial charge is 0.390 e. The summed E-state index contributed by atoms with van der Waals surface area (Å²) in [6, 6.07) is 0. The third-order valence-corrected chi connectivity index (χ3v) is 5.91. The molecule has 4 bridgehead atoms. The first-order valence-electron chi connectivity index (χ1n) is 7.33. The number of aliphatic hydroxyl groups is 2. The molecule has 0 heterocycles. The average Bonchev–Trinajstić information content (AvgIpc) is 2.12. The molecule has 0 aromatic heterocycles. The van der Waals surface area contributed by atoms with Gasteiger partial charge in [0.15, 0.2) is 0 Å². The van der Waals surface area contributed by atoms with Crippen molar-refractivity contribution in [2.45, 2.75) is 76.4 Å². The Balaban J connectivity index is 1.93. The van der Waals surface area contributed by atoms with Crippen molar-refractivity contribution in [1.82, 2.24) is 0 Å². The molecule has 3 atom stereocenters. The average molecular weight is 238 g/mol. The van der Waals surface area contributed by atoms with Gasteiger partial charge >= 0.3 is 0 Å². The highest BCUT2D eigenvalue weighted by Gasteiger charge is 2.62. The van der Waals surface area contributed by atoms with Gasteiger partial charge in [0.25, 0.3) is 0 Å². The van der Waals surface area contributed by atoms with Crippen molar-refractivity contribution in [1.29, 1.82) is 0 Å². The maximum absolute atomic E-state index is 10.9. The molecule has 2 nitrogen and oxygen atoms in total. The third-order valence-electron chi connectivity index (χ3n) is 5.91. The van der Waals surface area contributed by atoms with Crippen LogP contribution in [0.4, 0.5) is 0 Å². The Morgan fingerprint density at radius 2 is 1.76 bits per heavy atom. The smallest absolute Gasteiger partial charge is 0.0676 e. The molecule has 0 radical (unpaired) electrons. The lowest BCUT2D eigenvalue weighted by molar-refractivity contribution is -0.226. The predicted molar refractivity (Wildman–Crippen MR) is 67.6 cm³/mol. The molecule has 0 aromatic carbocycles. The van der Waals surface area contributed by atoms with Gasteiger partial charge in [-0.25, -0.2) is 0 Å². The Morgan fingerprint density at radius 3 is 2.24 bits per heavy atom. The minimum Gasteiger partial charge on any atom is -0.390 e. The van der Waals surface area contributed by atoms with E-state index in [1.165, 1.54) is 6.42 Å². The Hall–Kier alpha value is -0.0800. The van der Waals surface area contributed by atoms with Crippen LogP contribution in [-0.2, 0) is 0 Å². The van der Waals surface area contributed by atoms with Gasteiger partial charge in [0.2, 0.25) is 0 Å². The lowest BCUT2D eigenvalue weighted by Gasteiger charge is -2.64. The molecule has 98 valence electrons. The van der Waals surface area contributed by atoms with Crippen molar-refractivity contribution in [3.63, 3.8) is 0 Å². The van der Waals surface area contributed by atoms with Crippen molar-refractivity contribution < 1.29 is 10.2 Å². The van der Waals surface area contributed by atoms with Crippen LogP contribution in [0.5, 0.6) is 0 Å². The molecule has 4 saturated carbocycles. The van der Waals surface area contributed by atoms with Gasteiger partial charge in [-0.3, -0.25) is 0 Å². The molecule has 0 aliphatic heterocycles. The van der Waals surface area contributed by atoms with Crippen LogP contribution in [0.3, 0.4) is 0 Å². The fourth-order valence-electron chi connectivity index (χ4n) is 5.60.